The van der Waals surface area contributed by atoms with Gasteiger partial charge in [-0.2, -0.15) is 8.78 Å². The van der Waals surface area contributed by atoms with Gasteiger partial charge in [-0.15, -0.1) is 0 Å². The van der Waals surface area contributed by atoms with Gasteiger partial charge in [0, 0.05) is 18.4 Å². The highest BCUT2D eigenvalue weighted by Gasteiger charge is 2.25. The molecule has 1 aliphatic rings. The van der Waals surface area contributed by atoms with E-state index in [2.05, 4.69) is 4.98 Å². The Balaban J connectivity index is 2.05. The van der Waals surface area contributed by atoms with Crippen LogP contribution in [0.1, 0.15) is 25.2 Å². The number of aromatic nitrogens is 2. The number of aliphatic hydroxyl groups is 1. The van der Waals surface area contributed by atoms with Crippen molar-refractivity contribution in [2.75, 3.05) is 13.2 Å². The van der Waals surface area contributed by atoms with Crippen LogP contribution in [-0.2, 0) is 6.54 Å². The number of likely N-dealkylation sites (tertiary alicyclic amines) is 1. The second kappa shape index (κ2) is 4.88. The fourth-order valence-electron chi connectivity index (χ4n) is 2.14. The highest BCUT2D eigenvalue weighted by atomic mass is 19.3. The van der Waals surface area contributed by atoms with E-state index in [1.165, 1.54) is 12.4 Å². The second-order valence-corrected chi connectivity index (χ2v) is 3.98. The van der Waals surface area contributed by atoms with Gasteiger partial charge in [0.2, 0.25) is 0 Å². The molecule has 1 N–H and O–H groups in total. The Hall–Kier alpha value is -1.01. The van der Waals surface area contributed by atoms with Gasteiger partial charge in [-0.05, 0) is 19.4 Å². The molecule has 4 nitrogen and oxygen atoms in total. The molecule has 6 heteroatoms. The number of alkyl halides is 2. The van der Waals surface area contributed by atoms with Crippen LogP contribution in [0, 0.1) is 0 Å². The first-order chi connectivity index (χ1) is 7.72. The first-order valence-corrected chi connectivity index (χ1v) is 5.37. The standard InChI is InChI=1S/C10H15F2N3O/c11-10(12)15-5-3-13-9(15)6-14-4-1-2-8(14)7-16/h3,5,8,10,16H,1-2,4,6-7H2/t8-/m0/s1. The maximum Gasteiger partial charge on any atom is 0.319 e. The molecule has 2 heterocycles. The van der Waals surface area contributed by atoms with Gasteiger partial charge in [0.15, 0.2) is 0 Å². The van der Waals surface area contributed by atoms with Gasteiger partial charge in [-0.3, -0.25) is 9.47 Å². The molecule has 0 spiro atoms. The summed E-state index contributed by atoms with van der Waals surface area (Å²) in [5.41, 5.74) is 0. The molecule has 0 aromatic carbocycles. The lowest BCUT2D eigenvalue weighted by Gasteiger charge is -2.22. The third-order valence-corrected chi connectivity index (χ3v) is 3.01. The maximum absolute atomic E-state index is 12.6. The Bertz CT molecular complexity index is 343. The summed E-state index contributed by atoms with van der Waals surface area (Å²) in [5, 5.41) is 9.13. The van der Waals surface area contributed by atoms with Gasteiger partial charge in [0.05, 0.1) is 13.2 Å². The van der Waals surface area contributed by atoms with E-state index in [0.29, 0.717) is 12.4 Å². The lowest BCUT2D eigenvalue weighted by atomic mass is 10.2. The molecule has 1 aromatic heterocycles. The summed E-state index contributed by atoms with van der Waals surface area (Å²) in [5.74, 6) is 0.357. The largest absolute Gasteiger partial charge is 0.395 e. The average Bonchev–Trinajstić information content (AvgIpc) is 2.86. The van der Waals surface area contributed by atoms with Crippen molar-refractivity contribution >= 4 is 0 Å². The van der Waals surface area contributed by atoms with Crippen molar-refractivity contribution in [3.05, 3.63) is 18.2 Å². The summed E-state index contributed by atoms with van der Waals surface area (Å²) in [6.45, 7) is -1.26. The predicted octanol–water partition coefficient (Wildman–Crippen LogP) is 1.23. The molecule has 1 aromatic rings. The summed E-state index contributed by atoms with van der Waals surface area (Å²) in [7, 11) is 0. The van der Waals surface area contributed by atoms with E-state index in [9.17, 15) is 8.78 Å². The van der Waals surface area contributed by atoms with Crippen molar-refractivity contribution in [1.82, 2.24) is 14.5 Å². The van der Waals surface area contributed by atoms with Crippen molar-refractivity contribution < 1.29 is 13.9 Å². The van der Waals surface area contributed by atoms with Gasteiger partial charge < -0.3 is 5.11 Å². The zero-order valence-corrected chi connectivity index (χ0v) is 8.89. The molecular weight excluding hydrogens is 216 g/mol. The first-order valence-electron chi connectivity index (χ1n) is 5.37. The normalized spacial score (nSPS) is 22.1. The van der Waals surface area contributed by atoms with E-state index in [1.54, 1.807) is 0 Å². The summed E-state index contributed by atoms with van der Waals surface area (Å²) in [4.78, 5) is 5.93. The van der Waals surface area contributed by atoms with Crippen LogP contribution < -0.4 is 0 Å². The van der Waals surface area contributed by atoms with Crippen molar-refractivity contribution in [2.45, 2.75) is 32.0 Å². The van der Waals surface area contributed by atoms with Crippen molar-refractivity contribution in [2.24, 2.45) is 0 Å². The lowest BCUT2D eigenvalue weighted by Crippen LogP contribution is -2.32. The van der Waals surface area contributed by atoms with Crippen molar-refractivity contribution in [3.8, 4) is 0 Å². The van der Waals surface area contributed by atoms with Crippen LogP contribution in [0.15, 0.2) is 12.4 Å². The predicted molar refractivity (Wildman–Crippen MR) is 54.0 cm³/mol. The highest BCUT2D eigenvalue weighted by Crippen LogP contribution is 2.20. The SMILES string of the molecule is OC[C@@H]1CCCN1Cc1nccn1C(F)F. The monoisotopic (exact) mass is 231 g/mol. The Labute approximate surface area is 92.5 Å². The molecule has 1 aliphatic heterocycles. The molecule has 0 amide bonds. The average molecular weight is 231 g/mol. The number of hydrogen-bond donors (Lipinski definition) is 1. The highest BCUT2D eigenvalue weighted by molar-refractivity contribution is 4.94. The van der Waals surface area contributed by atoms with E-state index in [-0.39, 0.29) is 12.6 Å². The Morgan fingerprint density at radius 3 is 3.06 bits per heavy atom. The number of hydrogen-bond acceptors (Lipinski definition) is 3. The van der Waals surface area contributed by atoms with Gasteiger partial charge in [0.1, 0.15) is 5.82 Å². The third-order valence-electron chi connectivity index (χ3n) is 3.01. The number of halogens is 2. The molecule has 1 fully saturated rings. The smallest absolute Gasteiger partial charge is 0.319 e. The molecule has 1 atom stereocenters. The second-order valence-electron chi connectivity index (χ2n) is 3.98. The van der Waals surface area contributed by atoms with Gasteiger partial charge in [-0.25, -0.2) is 4.98 Å². The van der Waals surface area contributed by atoms with Crippen LogP contribution in [0.4, 0.5) is 8.78 Å². The zero-order valence-electron chi connectivity index (χ0n) is 8.89. The Morgan fingerprint density at radius 1 is 1.56 bits per heavy atom. The molecule has 2 rings (SSSR count). The Morgan fingerprint density at radius 2 is 2.38 bits per heavy atom. The topological polar surface area (TPSA) is 41.3 Å². The van der Waals surface area contributed by atoms with Crippen LogP contribution in [0.5, 0.6) is 0 Å². The van der Waals surface area contributed by atoms with Crippen LogP contribution >= 0.6 is 0 Å². The van der Waals surface area contributed by atoms with E-state index in [1.807, 2.05) is 4.90 Å². The number of rotatable bonds is 4. The van der Waals surface area contributed by atoms with E-state index < -0.39 is 6.55 Å². The van der Waals surface area contributed by atoms with E-state index in [0.717, 1.165) is 24.0 Å². The number of imidazole rings is 1. The number of aliphatic hydroxyl groups excluding tert-OH is 1. The molecule has 90 valence electrons. The third kappa shape index (κ3) is 2.22. The van der Waals surface area contributed by atoms with Crippen LogP contribution in [0.2, 0.25) is 0 Å². The van der Waals surface area contributed by atoms with Gasteiger partial charge >= 0.3 is 6.55 Å². The van der Waals surface area contributed by atoms with Crippen LogP contribution in [0.3, 0.4) is 0 Å². The molecule has 16 heavy (non-hydrogen) atoms. The quantitative estimate of drug-likeness (QED) is 0.847. The fraction of sp³-hybridized carbons (Fsp3) is 0.700. The zero-order chi connectivity index (χ0) is 11.5. The van der Waals surface area contributed by atoms with Crippen LogP contribution in [-0.4, -0.2) is 38.8 Å². The summed E-state index contributed by atoms with van der Waals surface area (Å²) in [6, 6.07) is 0.0859. The van der Waals surface area contributed by atoms with Gasteiger partial charge in [0.25, 0.3) is 0 Å². The van der Waals surface area contributed by atoms with E-state index >= 15 is 0 Å². The molecule has 0 saturated carbocycles. The molecule has 0 bridgehead atoms. The van der Waals surface area contributed by atoms with Crippen molar-refractivity contribution in [1.29, 1.82) is 0 Å². The molecule has 0 aliphatic carbocycles. The Kier molecular flexibility index (Phi) is 3.50. The summed E-state index contributed by atoms with van der Waals surface area (Å²) >= 11 is 0. The number of nitrogens with zero attached hydrogens (tertiary/aromatic N) is 3. The van der Waals surface area contributed by atoms with E-state index in [4.69, 9.17) is 5.11 Å². The first kappa shape index (κ1) is 11.5. The minimum atomic E-state index is -2.55. The maximum atomic E-state index is 12.6. The molecule has 0 unspecified atom stereocenters. The molecular formula is C10H15F2N3O. The summed E-state index contributed by atoms with van der Waals surface area (Å²) < 4.78 is 26.0. The fourth-order valence-corrected chi connectivity index (χ4v) is 2.14. The molecule has 1 saturated heterocycles. The molecule has 0 radical (unpaired) electrons. The minimum absolute atomic E-state index is 0.0788. The lowest BCUT2D eigenvalue weighted by molar-refractivity contribution is 0.0621. The van der Waals surface area contributed by atoms with Crippen LogP contribution in [0.25, 0.3) is 0 Å². The summed E-state index contributed by atoms with van der Waals surface area (Å²) in [6.07, 6.45) is 4.59. The van der Waals surface area contributed by atoms with Gasteiger partial charge in [-0.1, -0.05) is 0 Å². The minimum Gasteiger partial charge on any atom is -0.395 e. The van der Waals surface area contributed by atoms with Crippen molar-refractivity contribution in [3.63, 3.8) is 0 Å².